The van der Waals surface area contributed by atoms with Crippen molar-refractivity contribution in [3.8, 4) is 5.88 Å². The molecule has 1 fully saturated rings. The summed E-state index contributed by atoms with van der Waals surface area (Å²) in [5, 5.41) is 2.87. The molecule has 1 heterocycles. The van der Waals surface area contributed by atoms with Crippen LogP contribution in [-0.2, 0) is 17.5 Å². The molecule has 1 aromatic heterocycles. The molecule has 28 heavy (non-hydrogen) atoms. The number of hydrogen-bond acceptors (Lipinski definition) is 4. The first-order valence-corrected chi connectivity index (χ1v) is 9.16. The van der Waals surface area contributed by atoms with Gasteiger partial charge in [0.1, 0.15) is 11.8 Å². The van der Waals surface area contributed by atoms with E-state index in [1.807, 2.05) is 18.2 Å². The van der Waals surface area contributed by atoms with E-state index in [4.69, 9.17) is 10.5 Å². The van der Waals surface area contributed by atoms with Crippen molar-refractivity contribution in [3.05, 3.63) is 53.7 Å². The van der Waals surface area contributed by atoms with Gasteiger partial charge in [-0.25, -0.2) is 4.98 Å². The molecule has 3 rings (SSSR count). The summed E-state index contributed by atoms with van der Waals surface area (Å²) < 4.78 is 44.8. The topological polar surface area (TPSA) is 77.2 Å². The number of nitrogens with one attached hydrogen (secondary N) is 1. The first kappa shape index (κ1) is 20.1. The van der Waals surface area contributed by atoms with Crippen molar-refractivity contribution >= 4 is 11.6 Å². The van der Waals surface area contributed by atoms with Crippen LogP contribution >= 0.6 is 0 Å². The molecule has 1 unspecified atom stereocenters. The average Bonchev–Trinajstić information content (AvgIpc) is 2.68. The minimum atomic E-state index is -4.58. The van der Waals surface area contributed by atoms with Gasteiger partial charge in [0.15, 0.2) is 0 Å². The maximum atomic E-state index is 13.0. The second kappa shape index (κ2) is 8.60. The SMILES string of the molecule is NCc1cc(O[C@H]2CCCC(C(=O)Nc3ccccc3)C2)nc(C(F)(F)F)c1. The van der Waals surface area contributed by atoms with Crippen LogP contribution in [0.15, 0.2) is 42.5 Å². The number of ether oxygens (including phenoxy) is 1. The van der Waals surface area contributed by atoms with Gasteiger partial charge in [0.2, 0.25) is 11.8 Å². The third kappa shape index (κ3) is 5.22. The highest BCUT2D eigenvalue weighted by Crippen LogP contribution is 2.32. The molecule has 150 valence electrons. The molecule has 1 amide bonds. The monoisotopic (exact) mass is 393 g/mol. The van der Waals surface area contributed by atoms with Gasteiger partial charge in [-0.1, -0.05) is 18.2 Å². The minimum absolute atomic E-state index is 0.0469. The van der Waals surface area contributed by atoms with Crippen molar-refractivity contribution in [1.29, 1.82) is 0 Å². The van der Waals surface area contributed by atoms with E-state index in [9.17, 15) is 18.0 Å². The number of rotatable bonds is 5. The van der Waals surface area contributed by atoms with E-state index in [2.05, 4.69) is 10.3 Å². The van der Waals surface area contributed by atoms with Crippen molar-refractivity contribution in [2.24, 2.45) is 11.7 Å². The highest BCUT2D eigenvalue weighted by atomic mass is 19.4. The number of pyridine rings is 1. The lowest BCUT2D eigenvalue weighted by Gasteiger charge is -2.28. The Bertz CT molecular complexity index is 812. The largest absolute Gasteiger partial charge is 0.474 e. The van der Waals surface area contributed by atoms with Crippen LogP contribution in [0.5, 0.6) is 5.88 Å². The number of anilines is 1. The second-order valence-electron chi connectivity index (χ2n) is 6.86. The molecule has 3 N–H and O–H groups in total. The Balaban J connectivity index is 1.67. The maximum absolute atomic E-state index is 13.0. The van der Waals surface area contributed by atoms with Crippen LogP contribution in [0.25, 0.3) is 0 Å². The Kier molecular flexibility index (Phi) is 6.18. The predicted octanol–water partition coefficient (Wildman–Crippen LogP) is 4.14. The number of nitrogens with zero attached hydrogens (tertiary/aromatic N) is 1. The molecule has 1 aliphatic carbocycles. The number of benzene rings is 1. The Morgan fingerprint density at radius 1 is 1.21 bits per heavy atom. The van der Waals surface area contributed by atoms with Gasteiger partial charge in [0.05, 0.1) is 0 Å². The van der Waals surface area contributed by atoms with Gasteiger partial charge in [0, 0.05) is 24.2 Å². The number of carbonyl (C=O) groups excluding carboxylic acids is 1. The predicted molar refractivity (Wildman–Crippen MR) is 98.6 cm³/mol. The Hall–Kier alpha value is -2.61. The lowest BCUT2D eigenvalue weighted by Crippen LogP contribution is -2.33. The molecule has 5 nitrogen and oxygen atoms in total. The molecule has 0 saturated heterocycles. The quantitative estimate of drug-likeness (QED) is 0.801. The third-order valence-corrected chi connectivity index (χ3v) is 4.71. The van der Waals surface area contributed by atoms with Gasteiger partial charge >= 0.3 is 6.18 Å². The van der Waals surface area contributed by atoms with Crippen LogP contribution in [0.1, 0.15) is 36.9 Å². The van der Waals surface area contributed by atoms with E-state index in [0.29, 0.717) is 30.5 Å². The molecular formula is C20H22F3N3O2. The lowest BCUT2D eigenvalue weighted by atomic mass is 9.86. The highest BCUT2D eigenvalue weighted by molar-refractivity contribution is 5.92. The standard InChI is InChI=1S/C20H22F3N3O2/c21-20(22,23)17-9-13(12-24)10-18(26-17)28-16-8-4-5-14(11-16)19(27)25-15-6-2-1-3-7-15/h1-3,6-7,9-10,14,16H,4-5,8,11-12,24H2,(H,25,27)/t14?,16-/m0/s1. The van der Waals surface area contributed by atoms with Gasteiger partial charge in [-0.15, -0.1) is 0 Å². The summed E-state index contributed by atoms with van der Waals surface area (Å²) in [7, 11) is 0. The molecule has 2 aromatic rings. The molecule has 2 atom stereocenters. The molecule has 0 spiro atoms. The van der Waals surface area contributed by atoms with Crippen LogP contribution in [0, 0.1) is 5.92 Å². The zero-order chi connectivity index (χ0) is 20.1. The molecule has 8 heteroatoms. The molecule has 1 aromatic carbocycles. The van der Waals surface area contributed by atoms with Crippen molar-refractivity contribution in [1.82, 2.24) is 4.98 Å². The van der Waals surface area contributed by atoms with Crippen LogP contribution in [0.3, 0.4) is 0 Å². The minimum Gasteiger partial charge on any atom is -0.474 e. The second-order valence-corrected chi connectivity index (χ2v) is 6.86. The first-order valence-electron chi connectivity index (χ1n) is 9.16. The van der Waals surface area contributed by atoms with E-state index in [1.54, 1.807) is 12.1 Å². The summed E-state index contributed by atoms with van der Waals surface area (Å²) in [4.78, 5) is 16.1. The van der Waals surface area contributed by atoms with Gasteiger partial charge in [0.25, 0.3) is 0 Å². The van der Waals surface area contributed by atoms with E-state index in [-0.39, 0.29) is 30.4 Å². The summed E-state index contributed by atoms with van der Waals surface area (Å²) in [5.74, 6) is -0.484. The molecule has 0 bridgehead atoms. The zero-order valence-electron chi connectivity index (χ0n) is 15.2. The summed E-state index contributed by atoms with van der Waals surface area (Å²) in [5.41, 5.74) is 5.48. The summed E-state index contributed by atoms with van der Waals surface area (Å²) in [6.45, 7) is -0.0469. The van der Waals surface area contributed by atoms with Gasteiger partial charge in [-0.3, -0.25) is 4.79 Å². The lowest BCUT2D eigenvalue weighted by molar-refractivity contribution is -0.141. The van der Waals surface area contributed by atoms with Gasteiger partial charge in [-0.2, -0.15) is 13.2 Å². The van der Waals surface area contributed by atoms with Gasteiger partial charge < -0.3 is 15.8 Å². The number of hydrogen-bond donors (Lipinski definition) is 2. The number of aromatic nitrogens is 1. The van der Waals surface area contributed by atoms with E-state index in [0.717, 1.165) is 12.5 Å². The van der Waals surface area contributed by atoms with Crippen LogP contribution < -0.4 is 15.8 Å². The van der Waals surface area contributed by atoms with Crippen molar-refractivity contribution < 1.29 is 22.7 Å². The van der Waals surface area contributed by atoms with E-state index in [1.165, 1.54) is 6.07 Å². The van der Waals surface area contributed by atoms with Crippen LogP contribution in [0.2, 0.25) is 0 Å². The number of alkyl halides is 3. The molecule has 0 aliphatic heterocycles. The summed E-state index contributed by atoms with van der Waals surface area (Å²) in [6, 6.07) is 11.5. The number of halogens is 3. The Morgan fingerprint density at radius 2 is 1.96 bits per heavy atom. The van der Waals surface area contributed by atoms with Gasteiger partial charge in [-0.05, 0) is 49.4 Å². The highest BCUT2D eigenvalue weighted by Gasteiger charge is 2.34. The van der Waals surface area contributed by atoms with Crippen molar-refractivity contribution in [2.45, 2.75) is 44.5 Å². The molecule has 1 saturated carbocycles. The van der Waals surface area contributed by atoms with Crippen LogP contribution in [-0.4, -0.2) is 17.0 Å². The Labute approximate surface area is 161 Å². The molecule has 0 radical (unpaired) electrons. The maximum Gasteiger partial charge on any atom is 0.433 e. The smallest absolute Gasteiger partial charge is 0.433 e. The third-order valence-electron chi connectivity index (χ3n) is 4.71. The molecule has 1 aliphatic rings. The molecular weight excluding hydrogens is 371 g/mol. The van der Waals surface area contributed by atoms with Crippen molar-refractivity contribution in [2.75, 3.05) is 5.32 Å². The first-order chi connectivity index (χ1) is 13.3. The van der Waals surface area contributed by atoms with Crippen molar-refractivity contribution in [3.63, 3.8) is 0 Å². The number of amides is 1. The average molecular weight is 393 g/mol. The summed E-state index contributed by atoms with van der Waals surface area (Å²) in [6.07, 6.45) is -2.40. The van der Waals surface area contributed by atoms with E-state index >= 15 is 0 Å². The normalized spacial score (nSPS) is 19.9. The number of nitrogens with two attached hydrogens (primary N) is 1. The number of carbonyl (C=O) groups is 1. The zero-order valence-corrected chi connectivity index (χ0v) is 15.2. The van der Waals surface area contributed by atoms with E-state index < -0.39 is 11.9 Å². The fourth-order valence-electron chi connectivity index (χ4n) is 3.31. The fraction of sp³-hybridized carbons (Fsp3) is 0.400. The Morgan fingerprint density at radius 3 is 2.64 bits per heavy atom. The van der Waals surface area contributed by atoms with Crippen LogP contribution in [0.4, 0.5) is 18.9 Å². The summed E-state index contributed by atoms with van der Waals surface area (Å²) >= 11 is 0. The fourth-order valence-corrected chi connectivity index (χ4v) is 3.31. The number of para-hydroxylation sites is 1.